The average molecular weight is 271 g/mol. The molecule has 2 N–H and O–H groups in total. The molecule has 0 aliphatic rings. The smallest absolute Gasteiger partial charge is 0.221 e. The van der Waals surface area contributed by atoms with Crippen LogP contribution in [0.4, 0.5) is 11.4 Å². The van der Waals surface area contributed by atoms with Crippen molar-refractivity contribution in [1.82, 2.24) is 0 Å². The van der Waals surface area contributed by atoms with Gasteiger partial charge in [-0.05, 0) is 25.1 Å². The number of carbonyl (C=O) groups is 1. The Morgan fingerprint density at radius 2 is 2.28 bits per heavy atom. The number of aliphatic hydroxyl groups is 1. The zero-order valence-corrected chi connectivity index (χ0v) is 11.4. The Morgan fingerprint density at radius 3 is 2.83 bits per heavy atom. The molecule has 0 aliphatic carbocycles. The number of nitrogens with zero attached hydrogens (tertiary/aromatic N) is 1. The summed E-state index contributed by atoms with van der Waals surface area (Å²) in [6, 6.07) is 7.52. The summed E-state index contributed by atoms with van der Waals surface area (Å²) >= 11 is 5.61. The zero-order valence-electron chi connectivity index (χ0n) is 10.7. The van der Waals surface area contributed by atoms with Gasteiger partial charge < -0.3 is 15.3 Å². The summed E-state index contributed by atoms with van der Waals surface area (Å²) in [5.41, 5.74) is 1.70. The van der Waals surface area contributed by atoms with Crippen LogP contribution < -0.4 is 10.2 Å². The van der Waals surface area contributed by atoms with Crippen LogP contribution in [-0.4, -0.2) is 36.1 Å². The normalized spacial score (nSPS) is 12.0. The molecule has 0 heterocycles. The van der Waals surface area contributed by atoms with E-state index in [2.05, 4.69) is 5.32 Å². The highest BCUT2D eigenvalue weighted by atomic mass is 35.5. The Morgan fingerprint density at radius 1 is 1.56 bits per heavy atom. The number of benzene rings is 1. The summed E-state index contributed by atoms with van der Waals surface area (Å²) in [5, 5.41) is 12.3. The van der Waals surface area contributed by atoms with Crippen molar-refractivity contribution in [3.63, 3.8) is 0 Å². The molecule has 0 aliphatic heterocycles. The minimum absolute atomic E-state index is 0.101. The monoisotopic (exact) mass is 270 g/mol. The first-order valence-corrected chi connectivity index (χ1v) is 6.47. The van der Waals surface area contributed by atoms with Crippen LogP contribution in [-0.2, 0) is 4.79 Å². The molecule has 1 aromatic carbocycles. The van der Waals surface area contributed by atoms with Crippen molar-refractivity contribution in [1.29, 1.82) is 0 Å². The van der Waals surface area contributed by atoms with E-state index in [1.54, 1.807) is 0 Å². The highest BCUT2D eigenvalue weighted by molar-refractivity contribution is 6.18. The number of aliphatic hydroxyl groups excluding tert-OH is 1. The molecule has 0 saturated heterocycles. The maximum absolute atomic E-state index is 11.0. The zero-order chi connectivity index (χ0) is 13.5. The second-order valence-electron chi connectivity index (χ2n) is 4.08. The van der Waals surface area contributed by atoms with E-state index < -0.39 is 6.10 Å². The minimum atomic E-state index is -0.559. The number of carbonyl (C=O) groups excluding carboxylic acids is 1. The van der Waals surface area contributed by atoms with Crippen LogP contribution in [0.5, 0.6) is 0 Å². The average Bonchev–Trinajstić information content (AvgIpc) is 2.35. The predicted octanol–water partition coefficient (Wildman–Crippen LogP) is 2.07. The number of nitrogens with one attached hydrogen (secondary N) is 1. The molecule has 0 radical (unpaired) electrons. The van der Waals surface area contributed by atoms with E-state index >= 15 is 0 Å². The van der Waals surface area contributed by atoms with Crippen LogP contribution in [0.3, 0.4) is 0 Å². The molecule has 5 heteroatoms. The molecule has 1 rings (SSSR count). The quantitative estimate of drug-likeness (QED) is 0.778. The first-order valence-electron chi connectivity index (χ1n) is 5.93. The van der Waals surface area contributed by atoms with Gasteiger partial charge in [-0.15, -0.1) is 11.6 Å². The fraction of sp³-hybridized carbons (Fsp3) is 0.462. The number of rotatable bonds is 6. The van der Waals surface area contributed by atoms with Gasteiger partial charge in [0.25, 0.3) is 0 Å². The second kappa shape index (κ2) is 7.24. The third kappa shape index (κ3) is 4.55. The van der Waals surface area contributed by atoms with Gasteiger partial charge in [0.1, 0.15) is 0 Å². The van der Waals surface area contributed by atoms with Gasteiger partial charge in [-0.2, -0.15) is 0 Å². The molecular formula is C13H19ClN2O2. The van der Waals surface area contributed by atoms with Crippen LogP contribution >= 0.6 is 11.6 Å². The van der Waals surface area contributed by atoms with Gasteiger partial charge in [-0.3, -0.25) is 4.79 Å². The van der Waals surface area contributed by atoms with E-state index in [1.807, 2.05) is 36.1 Å². The van der Waals surface area contributed by atoms with Gasteiger partial charge >= 0.3 is 0 Å². The van der Waals surface area contributed by atoms with Crippen LogP contribution in [0.15, 0.2) is 24.3 Å². The van der Waals surface area contributed by atoms with E-state index in [0.29, 0.717) is 6.54 Å². The topological polar surface area (TPSA) is 52.6 Å². The minimum Gasteiger partial charge on any atom is -0.390 e. The number of amides is 1. The third-order valence-electron chi connectivity index (χ3n) is 2.52. The molecule has 18 heavy (non-hydrogen) atoms. The number of alkyl halides is 1. The first kappa shape index (κ1) is 14.8. The fourth-order valence-corrected chi connectivity index (χ4v) is 1.80. The Kier molecular flexibility index (Phi) is 5.95. The SMILES string of the molecule is CCN(CC(O)CCl)c1cccc(NC(C)=O)c1. The van der Waals surface area contributed by atoms with Crippen molar-refractivity contribution in [2.75, 3.05) is 29.2 Å². The number of halogens is 1. The summed E-state index contributed by atoms with van der Waals surface area (Å²) in [6.07, 6.45) is -0.559. The first-order chi connectivity index (χ1) is 8.56. The Labute approximate surface area is 113 Å². The van der Waals surface area contributed by atoms with Crippen LogP contribution in [0.1, 0.15) is 13.8 Å². The molecule has 0 bridgehead atoms. The Hall–Kier alpha value is -1.26. The van der Waals surface area contributed by atoms with E-state index in [-0.39, 0.29) is 11.8 Å². The molecule has 0 aromatic heterocycles. The molecule has 4 nitrogen and oxygen atoms in total. The van der Waals surface area contributed by atoms with Crippen molar-refractivity contribution in [2.24, 2.45) is 0 Å². The molecule has 0 saturated carbocycles. The van der Waals surface area contributed by atoms with Crippen molar-refractivity contribution in [2.45, 2.75) is 20.0 Å². The molecule has 1 aromatic rings. The molecule has 0 fully saturated rings. The van der Waals surface area contributed by atoms with Crippen LogP contribution in [0.25, 0.3) is 0 Å². The lowest BCUT2D eigenvalue weighted by Gasteiger charge is -2.25. The van der Waals surface area contributed by atoms with E-state index in [9.17, 15) is 9.90 Å². The van der Waals surface area contributed by atoms with E-state index in [0.717, 1.165) is 17.9 Å². The highest BCUT2D eigenvalue weighted by Crippen LogP contribution is 2.19. The molecule has 1 amide bonds. The fourth-order valence-electron chi connectivity index (χ4n) is 1.70. The predicted molar refractivity (Wildman–Crippen MR) is 75.4 cm³/mol. The van der Waals surface area contributed by atoms with Gasteiger partial charge in [-0.1, -0.05) is 6.07 Å². The summed E-state index contributed by atoms with van der Waals surface area (Å²) < 4.78 is 0. The summed E-state index contributed by atoms with van der Waals surface area (Å²) in [4.78, 5) is 13.0. The highest BCUT2D eigenvalue weighted by Gasteiger charge is 2.10. The van der Waals surface area contributed by atoms with E-state index in [1.165, 1.54) is 6.92 Å². The third-order valence-corrected chi connectivity index (χ3v) is 2.88. The van der Waals surface area contributed by atoms with Gasteiger partial charge in [0.2, 0.25) is 5.91 Å². The Balaban J connectivity index is 2.82. The Bertz CT molecular complexity index is 398. The maximum atomic E-state index is 11.0. The number of likely N-dealkylation sites (N-methyl/N-ethyl adjacent to an activating group) is 1. The summed E-state index contributed by atoms with van der Waals surface area (Å²) in [7, 11) is 0. The van der Waals surface area contributed by atoms with Crippen molar-refractivity contribution >= 4 is 28.9 Å². The van der Waals surface area contributed by atoms with Crippen LogP contribution in [0.2, 0.25) is 0 Å². The lowest BCUT2D eigenvalue weighted by Crippen LogP contribution is -2.33. The van der Waals surface area contributed by atoms with E-state index in [4.69, 9.17) is 11.6 Å². The van der Waals surface area contributed by atoms with Crippen molar-refractivity contribution in [3.8, 4) is 0 Å². The van der Waals surface area contributed by atoms with Crippen LogP contribution in [0, 0.1) is 0 Å². The molecule has 1 unspecified atom stereocenters. The van der Waals surface area contributed by atoms with Crippen molar-refractivity contribution in [3.05, 3.63) is 24.3 Å². The molecule has 1 atom stereocenters. The lowest BCUT2D eigenvalue weighted by atomic mass is 10.2. The van der Waals surface area contributed by atoms with Gasteiger partial charge in [0.05, 0.1) is 12.0 Å². The second-order valence-corrected chi connectivity index (χ2v) is 4.39. The van der Waals surface area contributed by atoms with Gasteiger partial charge in [0, 0.05) is 31.4 Å². The number of anilines is 2. The summed E-state index contributed by atoms with van der Waals surface area (Å²) in [6.45, 7) is 4.72. The number of hydrogen-bond acceptors (Lipinski definition) is 3. The molecule has 0 spiro atoms. The molecule has 100 valence electrons. The maximum Gasteiger partial charge on any atom is 0.221 e. The lowest BCUT2D eigenvalue weighted by molar-refractivity contribution is -0.114. The van der Waals surface area contributed by atoms with Crippen molar-refractivity contribution < 1.29 is 9.90 Å². The largest absolute Gasteiger partial charge is 0.390 e. The standard InChI is InChI=1S/C13H19ClN2O2/c1-3-16(9-13(18)8-14)12-6-4-5-11(7-12)15-10(2)17/h4-7,13,18H,3,8-9H2,1-2H3,(H,15,17). The van der Waals surface area contributed by atoms with Gasteiger partial charge in [0.15, 0.2) is 0 Å². The molecular weight excluding hydrogens is 252 g/mol. The summed E-state index contributed by atoms with van der Waals surface area (Å²) in [5.74, 6) is 0.109. The number of hydrogen-bond donors (Lipinski definition) is 2. The van der Waals surface area contributed by atoms with Gasteiger partial charge in [-0.25, -0.2) is 0 Å².